The summed E-state index contributed by atoms with van der Waals surface area (Å²) in [6.07, 6.45) is 6.84. The molecule has 1 saturated carbocycles. The maximum atomic E-state index is 8.59. The highest BCUT2D eigenvalue weighted by Crippen LogP contribution is 2.29. The van der Waals surface area contributed by atoms with Gasteiger partial charge in [0.25, 0.3) is 0 Å². The van der Waals surface area contributed by atoms with Crippen molar-refractivity contribution in [3.8, 4) is 6.07 Å². The molecule has 0 aromatic rings. The van der Waals surface area contributed by atoms with Crippen molar-refractivity contribution in [2.24, 2.45) is 11.8 Å². The number of nitrogens with one attached hydrogen (secondary N) is 1. The predicted molar refractivity (Wildman–Crippen MR) is 58.8 cm³/mol. The Bertz CT molecular complexity index is 187. The monoisotopic (exact) mass is 194 g/mol. The smallest absolute Gasteiger partial charge is 0.0924 e. The Hall–Kier alpha value is -0.550. The minimum absolute atomic E-state index is 0.0116. The van der Waals surface area contributed by atoms with Crippen LogP contribution in [0.1, 0.15) is 46.0 Å². The first kappa shape index (κ1) is 11.5. The molecule has 0 aromatic heterocycles. The second-order valence-corrected chi connectivity index (χ2v) is 4.72. The lowest BCUT2D eigenvalue weighted by molar-refractivity contribution is 0.274. The second kappa shape index (κ2) is 6.03. The van der Waals surface area contributed by atoms with Crippen molar-refractivity contribution in [1.29, 1.82) is 5.26 Å². The molecule has 0 amide bonds. The molecule has 1 aliphatic rings. The first-order chi connectivity index (χ1) is 6.72. The van der Waals surface area contributed by atoms with Gasteiger partial charge in [0, 0.05) is 0 Å². The van der Waals surface area contributed by atoms with E-state index in [1.165, 1.54) is 32.1 Å². The van der Waals surface area contributed by atoms with Gasteiger partial charge in [-0.25, -0.2) is 0 Å². The lowest BCUT2D eigenvalue weighted by Gasteiger charge is -2.26. The SMILES string of the molecule is CC1CCC(CCNC(C)C#N)CC1. The minimum atomic E-state index is 0.0116. The molecule has 0 aliphatic heterocycles. The first-order valence-electron chi connectivity index (χ1n) is 5.85. The summed E-state index contributed by atoms with van der Waals surface area (Å²) in [6.45, 7) is 5.28. The molecule has 80 valence electrons. The van der Waals surface area contributed by atoms with Crippen molar-refractivity contribution in [2.75, 3.05) is 6.54 Å². The Morgan fingerprint density at radius 1 is 1.36 bits per heavy atom. The summed E-state index contributed by atoms with van der Waals surface area (Å²) in [5.74, 6) is 1.85. The van der Waals surface area contributed by atoms with E-state index in [1.54, 1.807) is 0 Å². The van der Waals surface area contributed by atoms with Gasteiger partial charge in [-0.15, -0.1) is 0 Å². The molecule has 2 heteroatoms. The highest BCUT2D eigenvalue weighted by Gasteiger charge is 2.17. The molecule has 14 heavy (non-hydrogen) atoms. The quantitative estimate of drug-likeness (QED) is 0.747. The van der Waals surface area contributed by atoms with Crippen LogP contribution >= 0.6 is 0 Å². The number of hydrogen-bond acceptors (Lipinski definition) is 2. The van der Waals surface area contributed by atoms with Crippen LogP contribution in [0.5, 0.6) is 0 Å². The van der Waals surface area contributed by atoms with Gasteiger partial charge in [-0.05, 0) is 31.7 Å². The molecule has 0 radical (unpaired) electrons. The van der Waals surface area contributed by atoms with E-state index >= 15 is 0 Å². The van der Waals surface area contributed by atoms with Gasteiger partial charge >= 0.3 is 0 Å². The molecule has 0 heterocycles. The molecule has 0 spiro atoms. The largest absolute Gasteiger partial charge is 0.302 e. The molecule has 1 unspecified atom stereocenters. The Labute approximate surface area is 87.7 Å². The third-order valence-corrected chi connectivity index (χ3v) is 3.33. The molecule has 0 bridgehead atoms. The number of rotatable bonds is 4. The summed E-state index contributed by atoms with van der Waals surface area (Å²) in [5.41, 5.74) is 0. The average Bonchev–Trinajstić information content (AvgIpc) is 2.21. The highest BCUT2D eigenvalue weighted by molar-refractivity contribution is 4.85. The van der Waals surface area contributed by atoms with Crippen molar-refractivity contribution in [1.82, 2.24) is 5.32 Å². The van der Waals surface area contributed by atoms with Crippen LogP contribution in [0.15, 0.2) is 0 Å². The third-order valence-electron chi connectivity index (χ3n) is 3.33. The van der Waals surface area contributed by atoms with E-state index in [-0.39, 0.29) is 6.04 Å². The van der Waals surface area contributed by atoms with Crippen LogP contribution in [0.3, 0.4) is 0 Å². The maximum Gasteiger partial charge on any atom is 0.0924 e. The van der Waals surface area contributed by atoms with Gasteiger partial charge in [0.05, 0.1) is 12.1 Å². The topological polar surface area (TPSA) is 35.8 Å². The van der Waals surface area contributed by atoms with Gasteiger partial charge in [-0.1, -0.05) is 32.6 Å². The number of nitriles is 1. The Kier molecular flexibility index (Phi) is 4.97. The minimum Gasteiger partial charge on any atom is -0.302 e. The molecule has 0 saturated heterocycles. The van der Waals surface area contributed by atoms with Crippen LogP contribution in [0, 0.1) is 23.2 Å². The van der Waals surface area contributed by atoms with E-state index in [0.717, 1.165) is 18.4 Å². The predicted octanol–water partition coefficient (Wildman–Crippen LogP) is 2.70. The number of nitrogens with zero attached hydrogens (tertiary/aromatic N) is 1. The summed E-state index contributed by atoms with van der Waals surface area (Å²) in [6, 6.07) is 2.21. The Morgan fingerprint density at radius 2 is 2.00 bits per heavy atom. The Balaban J connectivity index is 2.05. The lowest BCUT2D eigenvalue weighted by atomic mass is 9.81. The highest BCUT2D eigenvalue weighted by atomic mass is 14.9. The Morgan fingerprint density at radius 3 is 2.57 bits per heavy atom. The lowest BCUT2D eigenvalue weighted by Crippen LogP contribution is -2.27. The van der Waals surface area contributed by atoms with Gasteiger partial charge in [0.2, 0.25) is 0 Å². The van der Waals surface area contributed by atoms with E-state index < -0.39 is 0 Å². The molecule has 1 atom stereocenters. The molecule has 1 N–H and O–H groups in total. The zero-order valence-electron chi connectivity index (χ0n) is 9.42. The van der Waals surface area contributed by atoms with Crippen LogP contribution in [0.25, 0.3) is 0 Å². The van der Waals surface area contributed by atoms with Crippen LogP contribution < -0.4 is 5.32 Å². The van der Waals surface area contributed by atoms with Crippen molar-refractivity contribution in [2.45, 2.75) is 52.0 Å². The molecular weight excluding hydrogens is 172 g/mol. The fourth-order valence-electron chi connectivity index (χ4n) is 2.17. The van der Waals surface area contributed by atoms with Crippen LogP contribution in [0.2, 0.25) is 0 Å². The normalized spacial score (nSPS) is 29.5. The first-order valence-corrected chi connectivity index (χ1v) is 5.85. The fourth-order valence-corrected chi connectivity index (χ4v) is 2.17. The van der Waals surface area contributed by atoms with E-state index in [2.05, 4.69) is 18.3 Å². The van der Waals surface area contributed by atoms with Gasteiger partial charge in [-0.2, -0.15) is 5.26 Å². The molecule has 2 nitrogen and oxygen atoms in total. The summed E-state index contributed by atoms with van der Waals surface area (Å²) < 4.78 is 0. The zero-order chi connectivity index (χ0) is 10.4. The maximum absolute atomic E-state index is 8.59. The van der Waals surface area contributed by atoms with E-state index in [4.69, 9.17) is 5.26 Å². The van der Waals surface area contributed by atoms with Gasteiger partial charge < -0.3 is 5.32 Å². The zero-order valence-corrected chi connectivity index (χ0v) is 9.42. The van der Waals surface area contributed by atoms with Crippen molar-refractivity contribution >= 4 is 0 Å². The summed E-state index contributed by atoms with van der Waals surface area (Å²) in [4.78, 5) is 0. The van der Waals surface area contributed by atoms with E-state index in [1.807, 2.05) is 6.92 Å². The summed E-state index contributed by atoms with van der Waals surface area (Å²) in [7, 11) is 0. The summed E-state index contributed by atoms with van der Waals surface area (Å²) >= 11 is 0. The summed E-state index contributed by atoms with van der Waals surface area (Å²) in [5, 5.41) is 11.8. The van der Waals surface area contributed by atoms with Crippen LogP contribution in [0.4, 0.5) is 0 Å². The van der Waals surface area contributed by atoms with E-state index in [9.17, 15) is 0 Å². The molecule has 1 aliphatic carbocycles. The second-order valence-electron chi connectivity index (χ2n) is 4.72. The van der Waals surface area contributed by atoms with Crippen LogP contribution in [-0.4, -0.2) is 12.6 Å². The van der Waals surface area contributed by atoms with Gasteiger partial charge in [0.15, 0.2) is 0 Å². The molecule has 0 aromatic carbocycles. The fraction of sp³-hybridized carbons (Fsp3) is 0.917. The standard InChI is InChI=1S/C12H22N2/c1-10-3-5-12(6-4-10)7-8-14-11(2)9-13/h10-12,14H,3-8H2,1-2H3. The number of hydrogen-bond donors (Lipinski definition) is 1. The van der Waals surface area contributed by atoms with Crippen molar-refractivity contribution in [3.63, 3.8) is 0 Å². The average molecular weight is 194 g/mol. The third kappa shape index (κ3) is 4.11. The van der Waals surface area contributed by atoms with Gasteiger partial charge in [-0.3, -0.25) is 0 Å². The molecule has 1 fully saturated rings. The van der Waals surface area contributed by atoms with E-state index in [0.29, 0.717) is 0 Å². The molecular formula is C12H22N2. The van der Waals surface area contributed by atoms with Crippen molar-refractivity contribution in [3.05, 3.63) is 0 Å². The van der Waals surface area contributed by atoms with Crippen LogP contribution in [-0.2, 0) is 0 Å². The van der Waals surface area contributed by atoms with Crippen molar-refractivity contribution < 1.29 is 0 Å². The molecule has 1 rings (SSSR count). The van der Waals surface area contributed by atoms with Gasteiger partial charge in [0.1, 0.15) is 0 Å².